The summed E-state index contributed by atoms with van der Waals surface area (Å²) in [6.45, 7) is 20.7. The molecule has 0 spiro atoms. The summed E-state index contributed by atoms with van der Waals surface area (Å²) in [6.07, 6.45) is 14.2. The van der Waals surface area contributed by atoms with Gasteiger partial charge in [0.1, 0.15) is 6.10 Å². The van der Waals surface area contributed by atoms with Crippen molar-refractivity contribution in [3.05, 3.63) is 12.7 Å². The summed E-state index contributed by atoms with van der Waals surface area (Å²) in [4.78, 5) is 23.8. The van der Waals surface area contributed by atoms with Crippen molar-refractivity contribution in [3.63, 3.8) is 0 Å². The van der Waals surface area contributed by atoms with Gasteiger partial charge in [-0.3, -0.25) is 9.59 Å². The molecule has 0 radical (unpaired) electrons. The minimum absolute atomic E-state index is 0.00287. The van der Waals surface area contributed by atoms with Crippen molar-refractivity contribution in [2.45, 2.75) is 119 Å². The Bertz CT molecular complexity index is 954. The Balaban J connectivity index is 1.48. The standard InChI is InChI=1S/C33H52O4/c1-9-23-12-17-33(20-36-21(2)34)19-18-31(7)24(28(23)33)10-11-26-30(6)15-14-27(37-22(3)35)29(4,5)25(30)13-16-32(26,31)8/h9,23-28H,1,10-20H2,2-8H3/t23-,24-,25-,26+,27-,28+,30+,31-,32-,33+/m0/s1. The molecule has 10 atom stereocenters. The first-order chi connectivity index (χ1) is 17.2. The normalized spacial score (nSPS) is 50.0. The van der Waals surface area contributed by atoms with Crippen LogP contribution < -0.4 is 0 Å². The number of rotatable bonds is 4. The van der Waals surface area contributed by atoms with E-state index in [0.29, 0.717) is 41.6 Å². The van der Waals surface area contributed by atoms with Crippen molar-refractivity contribution in [3.8, 4) is 0 Å². The second kappa shape index (κ2) is 8.85. The van der Waals surface area contributed by atoms with Gasteiger partial charge in [0.05, 0.1) is 6.61 Å². The van der Waals surface area contributed by atoms with Gasteiger partial charge in [-0.15, -0.1) is 6.58 Å². The molecule has 4 heteroatoms. The van der Waals surface area contributed by atoms with Crippen LogP contribution in [0.2, 0.25) is 0 Å². The number of carbonyl (C=O) groups excluding carboxylic acids is 2. The fourth-order valence-electron chi connectivity index (χ4n) is 11.9. The first-order valence-electron chi connectivity index (χ1n) is 15.2. The average molecular weight is 513 g/mol. The number of esters is 2. The molecule has 208 valence electrons. The van der Waals surface area contributed by atoms with E-state index in [-0.39, 0.29) is 39.7 Å². The third kappa shape index (κ3) is 3.73. The second-order valence-corrected chi connectivity index (χ2v) is 15.2. The molecule has 5 aliphatic carbocycles. The molecule has 0 aromatic rings. The highest BCUT2D eigenvalue weighted by atomic mass is 16.5. The van der Waals surface area contributed by atoms with Crippen LogP contribution in [0.3, 0.4) is 0 Å². The third-order valence-electron chi connectivity index (χ3n) is 13.8. The summed E-state index contributed by atoms with van der Waals surface area (Å²) in [5.41, 5.74) is 0.997. The lowest BCUT2D eigenvalue weighted by atomic mass is 9.32. The van der Waals surface area contributed by atoms with Crippen LogP contribution in [-0.2, 0) is 19.1 Å². The summed E-state index contributed by atoms with van der Waals surface area (Å²) >= 11 is 0. The maximum absolute atomic E-state index is 11.9. The highest BCUT2D eigenvalue weighted by molar-refractivity contribution is 5.66. The molecule has 0 N–H and O–H groups in total. The molecule has 0 unspecified atom stereocenters. The van der Waals surface area contributed by atoms with Crippen molar-refractivity contribution in [1.82, 2.24) is 0 Å². The molecule has 0 amide bonds. The van der Waals surface area contributed by atoms with Crippen molar-refractivity contribution >= 4 is 11.9 Å². The molecule has 37 heavy (non-hydrogen) atoms. The van der Waals surface area contributed by atoms with Gasteiger partial charge in [-0.25, -0.2) is 0 Å². The zero-order valence-electron chi connectivity index (χ0n) is 24.7. The van der Waals surface area contributed by atoms with Crippen LogP contribution in [0.1, 0.15) is 113 Å². The Hall–Kier alpha value is -1.32. The molecule has 5 aliphatic rings. The Labute approximate surface area is 225 Å². The maximum Gasteiger partial charge on any atom is 0.302 e. The van der Waals surface area contributed by atoms with Crippen LogP contribution in [0.25, 0.3) is 0 Å². The van der Waals surface area contributed by atoms with Crippen LogP contribution in [0.5, 0.6) is 0 Å². The smallest absolute Gasteiger partial charge is 0.302 e. The van der Waals surface area contributed by atoms with E-state index in [4.69, 9.17) is 9.47 Å². The van der Waals surface area contributed by atoms with E-state index in [9.17, 15) is 9.59 Å². The average Bonchev–Trinajstić information content (AvgIpc) is 3.19. The van der Waals surface area contributed by atoms with Crippen LogP contribution in [0.15, 0.2) is 12.7 Å². The molecule has 0 bridgehead atoms. The fourth-order valence-corrected chi connectivity index (χ4v) is 11.9. The van der Waals surface area contributed by atoms with Gasteiger partial charge in [0, 0.05) is 24.7 Å². The summed E-state index contributed by atoms with van der Waals surface area (Å²) in [7, 11) is 0. The van der Waals surface area contributed by atoms with Gasteiger partial charge < -0.3 is 9.47 Å². The van der Waals surface area contributed by atoms with Gasteiger partial charge in [0.15, 0.2) is 0 Å². The molecule has 5 rings (SSSR count). The van der Waals surface area contributed by atoms with E-state index in [1.165, 1.54) is 51.4 Å². The highest BCUT2D eigenvalue weighted by Gasteiger charge is 2.71. The van der Waals surface area contributed by atoms with Crippen molar-refractivity contribution in [1.29, 1.82) is 0 Å². The second-order valence-electron chi connectivity index (χ2n) is 15.2. The number of allylic oxidation sites excluding steroid dienone is 1. The zero-order chi connectivity index (χ0) is 27.0. The summed E-state index contributed by atoms with van der Waals surface area (Å²) in [5.74, 6) is 2.76. The van der Waals surface area contributed by atoms with Gasteiger partial charge in [0.2, 0.25) is 0 Å². The predicted octanol–water partition coefficient (Wildman–Crippen LogP) is 7.75. The third-order valence-corrected chi connectivity index (χ3v) is 13.8. The molecular weight excluding hydrogens is 460 g/mol. The minimum Gasteiger partial charge on any atom is -0.465 e. The lowest BCUT2D eigenvalue weighted by Gasteiger charge is -2.73. The van der Waals surface area contributed by atoms with Gasteiger partial charge in [-0.05, 0) is 110 Å². The largest absolute Gasteiger partial charge is 0.465 e. The number of hydrogen-bond acceptors (Lipinski definition) is 4. The van der Waals surface area contributed by atoms with Crippen LogP contribution in [-0.4, -0.2) is 24.6 Å². The monoisotopic (exact) mass is 512 g/mol. The predicted molar refractivity (Wildman–Crippen MR) is 147 cm³/mol. The lowest BCUT2D eigenvalue weighted by Crippen LogP contribution is -2.67. The minimum atomic E-state index is -0.141. The van der Waals surface area contributed by atoms with Crippen LogP contribution >= 0.6 is 0 Å². The van der Waals surface area contributed by atoms with Gasteiger partial charge in [0.25, 0.3) is 0 Å². The Morgan fingerprint density at radius 2 is 1.54 bits per heavy atom. The number of fused-ring (bicyclic) bond motifs is 7. The molecule has 0 saturated heterocycles. The van der Waals surface area contributed by atoms with E-state index in [1.54, 1.807) is 13.8 Å². The Morgan fingerprint density at radius 1 is 0.811 bits per heavy atom. The number of carbonyl (C=O) groups is 2. The Morgan fingerprint density at radius 3 is 2.19 bits per heavy atom. The first kappa shape index (κ1) is 27.3. The molecule has 0 heterocycles. The molecular formula is C33H52O4. The molecule has 0 aromatic carbocycles. The van der Waals surface area contributed by atoms with Gasteiger partial charge in [-0.2, -0.15) is 0 Å². The number of hydrogen-bond donors (Lipinski definition) is 0. The van der Waals surface area contributed by atoms with E-state index in [0.717, 1.165) is 12.8 Å². The topological polar surface area (TPSA) is 52.6 Å². The van der Waals surface area contributed by atoms with E-state index in [1.807, 2.05) is 0 Å². The maximum atomic E-state index is 11.9. The van der Waals surface area contributed by atoms with E-state index >= 15 is 0 Å². The van der Waals surface area contributed by atoms with Crippen molar-refractivity contribution < 1.29 is 19.1 Å². The van der Waals surface area contributed by atoms with Gasteiger partial charge >= 0.3 is 11.9 Å². The van der Waals surface area contributed by atoms with Crippen molar-refractivity contribution in [2.24, 2.45) is 56.7 Å². The summed E-state index contributed by atoms with van der Waals surface area (Å²) < 4.78 is 11.7. The highest BCUT2D eigenvalue weighted by Crippen LogP contribution is 2.77. The lowest BCUT2D eigenvalue weighted by molar-refractivity contribution is -0.251. The quantitative estimate of drug-likeness (QED) is 0.285. The van der Waals surface area contributed by atoms with E-state index in [2.05, 4.69) is 47.3 Å². The zero-order valence-corrected chi connectivity index (χ0v) is 24.7. The molecule has 0 aliphatic heterocycles. The first-order valence-corrected chi connectivity index (χ1v) is 15.2. The summed E-state index contributed by atoms with van der Waals surface area (Å²) in [5, 5.41) is 0. The summed E-state index contributed by atoms with van der Waals surface area (Å²) in [6, 6.07) is 0. The van der Waals surface area contributed by atoms with Crippen LogP contribution in [0, 0.1) is 56.7 Å². The molecule has 4 nitrogen and oxygen atoms in total. The molecule has 5 fully saturated rings. The molecule has 0 aromatic heterocycles. The van der Waals surface area contributed by atoms with Crippen molar-refractivity contribution in [2.75, 3.05) is 6.61 Å². The fraction of sp³-hybridized carbons (Fsp3) is 0.879. The SMILES string of the molecule is C=C[C@H]1CC[C@]2(COC(C)=O)CC[C@@]3(C)[C@@H](CC[C@@H]4[C@]5(C)CC[C@H](OC(C)=O)C(C)(C)[C@@H]5CC[C@@]43C)[C@@H]12. The number of ether oxygens (including phenoxy) is 2. The van der Waals surface area contributed by atoms with E-state index < -0.39 is 0 Å². The van der Waals surface area contributed by atoms with Crippen LogP contribution in [0.4, 0.5) is 0 Å². The van der Waals surface area contributed by atoms with Gasteiger partial charge in [-0.1, -0.05) is 40.7 Å². The molecule has 5 saturated carbocycles. The Kier molecular flexibility index (Phi) is 6.52.